The zero-order valence-electron chi connectivity index (χ0n) is 9.23. The molecule has 0 heterocycles. The average Bonchev–Trinajstić information content (AvgIpc) is 2.11. The summed E-state index contributed by atoms with van der Waals surface area (Å²) in [4.78, 5) is 0. The van der Waals surface area contributed by atoms with Crippen LogP contribution < -0.4 is 10.5 Å². The molecule has 0 saturated carbocycles. The molecule has 0 aromatic carbocycles. The molecule has 2 atom stereocenters. The molecule has 0 aliphatic heterocycles. The van der Waals surface area contributed by atoms with Crippen LogP contribution in [-0.2, 0) is 20.8 Å². The number of hydrogen-bond acceptors (Lipinski definition) is 4. The molecule has 2 unspecified atom stereocenters. The molecule has 0 radical (unpaired) electrons. The summed E-state index contributed by atoms with van der Waals surface area (Å²) in [5.41, 5.74) is 5.23. The molecule has 0 bridgehead atoms. The van der Waals surface area contributed by atoms with Crippen molar-refractivity contribution in [1.29, 1.82) is 0 Å². The van der Waals surface area contributed by atoms with E-state index in [2.05, 4.69) is 4.72 Å². The van der Waals surface area contributed by atoms with Gasteiger partial charge in [0, 0.05) is 28.9 Å². The van der Waals surface area contributed by atoms with Crippen molar-refractivity contribution in [3.63, 3.8) is 0 Å². The SMILES string of the molecule is CC(CCS(C)=O)NS(=O)(=O)CCCN. The molecule has 3 N–H and O–H groups in total. The highest BCUT2D eigenvalue weighted by Gasteiger charge is 2.13. The fraction of sp³-hybridized carbons (Fsp3) is 1.00. The van der Waals surface area contributed by atoms with Gasteiger partial charge in [-0.25, -0.2) is 13.1 Å². The van der Waals surface area contributed by atoms with Gasteiger partial charge in [-0.2, -0.15) is 0 Å². The van der Waals surface area contributed by atoms with Crippen molar-refractivity contribution < 1.29 is 12.6 Å². The van der Waals surface area contributed by atoms with Gasteiger partial charge >= 0.3 is 0 Å². The Morgan fingerprint density at radius 3 is 2.53 bits per heavy atom. The second-order valence-corrected chi connectivity index (χ2v) is 6.97. The minimum Gasteiger partial charge on any atom is -0.330 e. The third-order valence-electron chi connectivity index (χ3n) is 1.84. The van der Waals surface area contributed by atoms with Crippen LogP contribution in [0.4, 0.5) is 0 Å². The molecular weight excluding hydrogens is 236 g/mol. The molecule has 15 heavy (non-hydrogen) atoms. The van der Waals surface area contributed by atoms with Gasteiger partial charge < -0.3 is 5.73 Å². The van der Waals surface area contributed by atoms with Crippen molar-refractivity contribution in [2.24, 2.45) is 5.73 Å². The van der Waals surface area contributed by atoms with Crippen LogP contribution in [0.5, 0.6) is 0 Å². The van der Waals surface area contributed by atoms with Crippen molar-refractivity contribution in [3.05, 3.63) is 0 Å². The standard InChI is InChI=1S/C8H20N2O3S2/c1-8(4-6-14(2)11)10-15(12,13)7-3-5-9/h8,10H,3-7,9H2,1-2H3. The topological polar surface area (TPSA) is 89.3 Å². The quantitative estimate of drug-likeness (QED) is 0.607. The van der Waals surface area contributed by atoms with Crippen molar-refractivity contribution in [1.82, 2.24) is 4.72 Å². The van der Waals surface area contributed by atoms with E-state index >= 15 is 0 Å². The Balaban J connectivity index is 3.93. The Kier molecular flexibility index (Phi) is 7.33. The van der Waals surface area contributed by atoms with Crippen LogP contribution in [-0.4, -0.2) is 43.0 Å². The molecular formula is C8H20N2O3S2. The van der Waals surface area contributed by atoms with Gasteiger partial charge in [-0.3, -0.25) is 4.21 Å². The van der Waals surface area contributed by atoms with Crippen LogP contribution in [0.25, 0.3) is 0 Å². The molecule has 0 aliphatic rings. The number of nitrogens with two attached hydrogens (primary N) is 1. The van der Waals surface area contributed by atoms with E-state index in [9.17, 15) is 12.6 Å². The summed E-state index contributed by atoms with van der Waals surface area (Å²) < 4.78 is 36.1. The molecule has 0 amide bonds. The molecule has 0 rings (SSSR count). The lowest BCUT2D eigenvalue weighted by Crippen LogP contribution is -2.35. The Morgan fingerprint density at radius 2 is 2.07 bits per heavy atom. The molecule has 0 spiro atoms. The first-order chi connectivity index (χ1) is 6.87. The molecule has 7 heteroatoms. The lowest BCUT2D eigenvalue weighted by atomic mass is 10.3. The molecule has 0 aromatic rings. The summed E-state index contributed by atoms with van der Waals surface area (Å²) in [6, 6.07) is -0.170. The fourth-order valence-electron chi connectivity index (χ4n) is 1.04. The summed E-state index contributed by atoms with van der Waals surface area (Å²) in [5.74, 6) is 0.573. The third-order valence-corrected chi connectivity index (χ3v) is 4.23. The minimum atomic E-state index is -3.22. The normalized spacial score (nSPS) is 16.2. The van der Waals surface area contributed by atoms with Crippen LogP contribution in [0.15, 0.2) is 0 Å². The number of rotatable bonds is 8. The lowest BCUT2D eigenvalue weighted by molar-refractivity contribution is 0.554. The lowest BCUT2D eigenvalue weighted by Gasteiger charge is -2.13. The van der Waals surface area contributed by atoms with E-state index in [1.165, 1.54) is 0 Å². The zero-order valence-corrected chi connectivity index (χ0v) is 10.9. The summed E-state index contributed by atoms with van der Waals surface area (Å²) in [5, 5.41) is 0. The van der Waals surface area contributed by atoms with Gasteiger partial charge in [0.15, 0.2) is 0 Å². The molecule has 5 nitrogen and oxygen atoms in total. The number of hydrogen-bond donors (Lipinski definition) is 2. The predicted molar refractivity (Wildman–Crippen MR) is 63.6 cm³/mol. The van der Waals surface area contributed by atoms with E-state index in [1.807, 2.05) is 0 Å². The summed E-state index contributed by atoms with van der Waals surface area (Å²) in [6.45, 7) is 2.14. The summed E-state index contributed by atoms with van der Waals surface area (Å²) in [7, 11) is -4.09. The van der Waals surface area contributed by atoms with Crippen LogP contribution in [0.2, 0.25) is 0 Å². The van der Waals surface area contributed by atoms with Gasteiger partial charge in [0.1, 0.15) is 0 Å². The summed E-state index contributed by atoms with van der Waals surface area (Å²) in [6.07, 6.45) is 2.66. The largest absolute Gasteiger partial charge is 0.330 e. The Labute approximate surface area is 94.3 Å². The maximum atomic E-state index is 11.4. The van der Waals surface area contributed by atoms with Crippen LogP contribution in [0.1, 0.15) is 19.8 Å². The fourth-order valence-corrected chi connectivity index (χ4v) is 3.12. The molecule has 0 aromatic heterocycles. The van der Waals surface area contributed by atoms with Gasteiger partial charge in [-0.1, -0.05) is 0 Å². The van der Waals surface area contributed by atoms with Crippen molar-refractivity contribution >= 4 is 20.8 Å². The average molecular weight is 256 g/mol. The zero-order chi connectivity index (χ0) is 11.9. The molecule has 92 valence electrons. The van der Waals surface area contributed by atoms with Gasteiger partial charge in [0.25, 0.3) is 0 Å². The number of nitrogens with one attached hydrogen (secondary N) is 1. The molecule has 0 fully saturated rings. The van der Waals surface area contributed by atoms with E-state index in [0.717, 1.165) is 0 Å². The van der Waals surface area contributed by atoms with Gasteiger partial charge in [0.05, 0.1) is 5.75 Å². The van der Waals surface area contributed by atoms with E-state index < -0.39 is 20.8 Å². The highest BCUT2D eigenvalue weighted by Crippen LogP contribution is 1.97. The van der Waals surface area contributed by atoms with Crippen LogP contribution in [0, 0.1) is 0 Å². The first-order valence-corrected chi connectivity index (χ1v) is 8.25. The second kappa shape index (κ2) is 7.32. The van der Waals surface area contributed by atoms with E-state index in [1.54, 1.807) is 13.2 Å². The van der Waals surface area contributed by atoms with Crippen LogP contribution >= 0.6 is 0 Å². The van der Waals surface area contributed by atoms with E-state index in [0.29, 0.717) is 25.1 Å². The smallest absolute Gasteiger partial charge is 0.211 e. The first-order valence-electron chi connectivity index (χ1n) is 4.87. The minimum absolute atomic E-state index is 0.0586. The Bertz CT molecular complexity index is 290. The van der Waals surface area contributed by atoms with Gasteiger partial charge in [0.2, 0.25) is 10.0 Å². The highest BCUT2D eigenvalue weighted by molar-refractivity contribution is 7.89. The first kappa shape index (κ1) is 15.0. The van der Waals surface area contributed by atoms with E-state index in [4.69, 9.17) is 5.73 Å². The van der Waals surface area contributed by atoms with Crippen molar-refractivity contribution in [2.45, 2.75) is 25.8 Å². The van der Waals surface area contributed by atoms with Gasteiger partial charge in [-0.15, -0.1) is 0 Å². The monoisotopic (exact) mass is 256 g/mol. The maximum absolute atomic E-state index is 11.4. The Hall–Kier alpha value is 0.0200. The second-order valence-electron chi connectivity index (χ2n) is 3.55. The predicted octanol–water partition coefficient (Wildman–Crippen LogP) is -0.588. The van der Waals surface area contributed by atoms with E-state index in [-0.39, 0.29) is 11.8 Å². The maximum Gasteiger partial charge on any atom is 0.211 e. The molecule has 0 saturated heterocycles. The van der Waals surface area contributed by atoms with Crippen LogP contribution in [0.3, 0.4) is 0 Å². The van der Waals surface area contributed by atoms with Crippen molar-refractivity contribution in [2.75, 3.05) is 24.3 Å². The third kappa shape index (κ3) is 8.98. The Morgan fingerprint density at radius 1 is 1.47 bits per heavy atom. The highest BCUT2D eigenvalue weighted by atomic mass is 32.2. The summed E-state index contributed by atoms with van der Waals surface area (Å²) >= 11 is 0. The van der Waals surface area contributed by atoms with Crippen molar-refractivity contribution in [3.8, 4) is 0 Å². The van der Waals surface area contributed by atoms with Gasteiger partial charge in [-0.05, 0) is 26.3 Å². The molecule has 0 aliphatic carbocycles. The number of sulfonamides is 1.